The average molecular weight is 383 g/mol. The van der Waals surface area contributed by atoms with Crippen LogP contribution in [-0.2, 0) is 6.54 Å². The molecule has 0 unspecified atom stereocenters. The average Bonchev–Trinajstić information content (AvgIpc) is 3.02. The van der Waals surface area contributed by atoms with E-state index < -0.39 is 0 Å². The topological polar surface area (TPSA) is 27.1 Å². The van der Waals surface area contributed by atoms with E-state index in [1.807, 2.05) is 66.7 Å². The zero-order valence-electron chi connectivity index (χ0n) is 13.9. The maximum atomic E-state index is 6.17. The number of aromatic nitrogens is 2. The molecule has 0 atom stereocenters. The zero-order valence-corrected chi connectivity index (χ0v) is 15.4. The standard InChI is InChI=1S/C21H16Cl2N2O/c22-16-7-5-6-15(14-16)21-24-18-9-2-3-10-19(18)25(21)12-13-26-20-11-4-1-8-17(20)23/h1-11,14H,12-13H2. The van der Waals surface area contributed by atoms with Crippen molar-refractivity contribution in [1.29, 1.82) is 0 Å². The molecule has 4 rings (SSSR count). The highest BCUT2D eigenvalue weighted by molar-refractivity contribution is 6.32. The first-order chi connectivity index (χ1) is 12.7. The van der Waals surface area contributed by atoms with Crippen molar-refractivity contribution in [3.8, 4) is 17.1 Å². The summed E-state index contributed by atoms with van der Waals surface area (Å²) in [4.78, 5) is 4.79. The number of nitrogens with zero attached hydrogens (tertiary/aromatic N) is 2. The van der Waals surface area contributed by atoms with Crippen LogP contribution in [0.1, 0.15) is 0 Å². The van der Waals surface area contributed by atoms with Crippen LogP contribution >= 0.6 is 23.2 Å². The summed E-state index contributed by atoms with van der Waals surface area (Å²) in [6.07, 6.45) is 0. The van der Waals surface area contributed by atoms with Crippen molar-refractivity contribution < 1.29 is 4.74 Å². The van der Waals surface area contributed by atoms with Gasteiger partial charge in [0.25, 0.3) is 0 Å². The number of para-hydroxylation sites is 3. The summed E-state index contributed by atoms with van der Waals surface area (Å²) >= 11 is 12.3. The van der Waals surface area contributed by atoms with Crippen LogP contribution in [0.2, 0.25) is 10.0 Å². The van der Waals surface area contributed by atoms with Gasteiger partial charge in [-0.2, -0.15) is 0 Å². The second-order valence-electron chi connectivity index (χ2n) is 5.86. The molecule has 0 bridgehead atoms. The van der Waals surface area contributed by atoms with E-state index in [0.29, 0.717) is 28.9 Å². The zero-order chi connectivity index (χ0) is 17.9. The minimum absolute atomic E-state index is 0.484. The Bertz CT molecular complexity index is 1060. The molecule has 0 saturated heterocycles. The summed E-state index contributed by atoms with van der Waals surface area (Å²) < 4.78 is 8.02. The van der Waals surface area contributed by atoms with Gasteiger partial charge in [0.15, 0.2) is 0 Å². The molecular weight excluding hydrogens is 367 g/mol. The van der Waals surface area contributed by atoms with Gasteiger partial charge in [0.1, 0.15) is 18.2 Å². The third-order valence-electron chi connectivity index (χ3n) is 4.15. The molecule has 4 aromatic rings. The van der Waals surface area contributed by atoms with Crippen molar-refractivity contribution >= 4 is 34.2 Å². The highest BCUT2D eigenvalue weighted by Gasteiger charge is 2.13. The molecule has 0 radical (unpaired) electrons. The first-order valence-electron chi connectivity index (χ1n) is 8.31. The van der Waals surface area contributed by atoms with Crippen molar-refractivity contribution in [2.24, 2.45) is 0 Å². The lowest BCUT2D eigenvalue weighted by Gasteiger charge is -2.12. The summed E-state index contributed by atoms with van der Waals surface area (Å²) in [7, 11) is 0. The molecule has 0 aliphatic heterocycles. The van der Waals surface area contributed by atoms with Gasteiger partial charge in [-0.3, -0.25) is 0 Å². The Hall–Kier alpha value is -2.49. The first-order valence-corrected chi connectivity index (χ1v) is 9.06. The summed E-state index contributed by atoms with van der Waals surface area (Å²) in [5.41, 5.74) is 2.98. The summed E-state index contributed by atoms with van der Waals surface area (Å²) in [6, 6.07) is 23.3. The second kappa shape index (κ2) is 7.40. The molecular formula is C21H16Cl2N2O. The Morgan fingerprint density at radius 3 is 2.54 bits per heavy atom. The van der Waals surface area contributed by atoms with E-state index in [4.69, 9.17) is 32.9 Å². The predicted molar refractivity (Wildman–Crippen MR) is 107 cm³/mol. The van der Waals surface area contributed by atoms with Gasteiger partial charge in [0.05, 0.1) is 22.6 Å². The van der Waals surface area contributed by atoms with E-state index in [1.54, 1.807) is 0 Å². The molecule has 3 aromatic carbocycles. The Kier molecular flexibility index (Phi) is 4.83. The number of imidazole rings is 1. The molecule has 0 aliphatic rings. The van der Waals surface area contributed by atoms with Crippen LogP contribution in [0, 0.1) is 0 Å². The Morgan fingerprint density at radius 2 is 1.69 bits per heavy atom. The molecule has 26 heavy (non-hydrogen) atoms. The van der Waals surface area contributed by atoms with E-state index in [0.717, 1.165) is 22.4 Å². The fourth-order valence-corrected chi connectivity index (χ4v) is 3.34. The monoisotopic (exact) mass is 382 g/mol. The molecule has 130 valence electrons. The van der Waals surface area contributed by atoms with Crippen LogP contribution in [0.15, 0.2) is 72.8 Å². The number of rotatable bonds is 5. The quantitative estimate of drug-likeness (QED) is 0.417. The van der Waals surface area contributed by atoms with E-state index >= 15 is 0 Å². The van der Waals surface area contributed by atoms with Gasteiger partial charge in [0, 0.05) is 10.6 Å². The number of halogens is 2. The van der Waals surface area contributed by atoms with Crippen molar-refractivity contribution in [3.63, 3.8) is 0 Å². The van der Waals surface area contributed by atoms with Gasteiger partial charge in [-0.25, -0.2) is 4.98 Å². The fraction of sp³-hybridized carbons (Fsp3) is 0.0952. The van der Waals surface area contributed by atoms with Crippen LogP contribution in [0.3, 0.4) is 0 Å². The van der Waals surface area contributed by atoms with Gasteiger partial charge in [-0.1, -0.05) is 59.6 Å². The van der Waals surface area contributed by atoms with Crippen molar-refractivity contribution in [1.82, 2.24) is 9.55 Å². The SMILES string of the molecule is Clc1cccc(-c2nc3ccccc3n2CCOc2ccccc2Cl)c1. The Morgan fingerprint density at radius 1 is 0.885 bits per heavy atom. The van der Waals surface area contributed by atoms with Crippen LogP contribution in [0.4, 0.5) is 0 Å². The first kappa shape index (κ1) is 17.0. The normalized spacial score (nSPS) is 11.0. The minimum atomic E-state index is 0.484. The van der Waals surface area contributed by atoms with Crippen molar-refractivity contribution in [2.75, 3.05) is 6.61 Å². The Balaban J connectivity index is 1.67. The minimum Gasteiger partial charge on any atom is -0.490 e. The Labute approximate surface area is 161 Å². The predicted octanol–water partition coefficient (Wildman–Crippen LogP) is 6.09. The lowest BCUT2D eigenvalue weighted by molar-refractivity contribution is 0.301. The lowest BCUT2D eigenvalue weighted by Crippen LogP contribution is -2.09. The summed E-state index contributed by atoms with van der Waals surface area (Å²) in [5.74, 6) is 1.55. The second-order valence-corrected chi connectivity index (χ2v) is 6.71. The number of hydrogen-bond donors (Lipinski definition) is 0. The van der Waals surface area contributed by atoms with Gasteiger partial charge in [-0.05, 0) is 36.4 Å². The molecule has 3 nitrogen and oxygen atoms in total. The third kappa shape index (κ3) is 3.41. The number of ether oxygens (including phenoxy) is 1. The highest BCUT2D eigenvalue weighted by Crippen LogP contribution is 2.27. The molecule has 0 spiro atoms. The molecule has 0 N–H and O–H groups in total. The van der Waals surface area contributed by atoms with Gasteiger partial charge >= 0.3 is 0 Å². The summed E-state index contributed by atoms with van der Waals surface area (Å²) in [5, 5.41) is 1.30. The van der Waals surface area contributed by atoms with Gasteiger partial charge in [-0.15, -0.1) is 0 Å². The number of benzene rings is 3. The van der Waals surface area contributed by atoms with Crippen LogP contribution in [0.25, 0.3) is 22.4 Å². The van der Waals surface area contributed by atoms with E-state index in [-0.39, 0.29) is 0 Å². The van der Waals surface area contributed by atoms with Gasteiger partial charge in [0.2, 0.25) is 0 Å². The van der Waals surface area contributed by atoms with E-state index in [2.05, 4.69) is 10.6 Å². The van der Waals surface area contributed by atoms with Crippen LogP contribution < -0.4 is 4.74 Å². The number of fused-ring (bicyclic) bond motifs is 1. The molecule has 0 aliphatic carbocycles. The maximum Gasteiger partial charge on any atom is 0.141 e. The van der Waals surface area contributed by atoms with Crippen molar-refractivity contribution in [2.45, 2.75) is 6.54 Å². The molecule has 5 heteroatoms. The molecule has 1 heterocycles. The fourth-order valence-electron chi connectivity index (χ4n) is 2.96. The molecule has 0 saturated carbocycles. The maximum absolute atomic E-state index is 6.17. The van der Waals surface area contributed by atoms with Gasteiger partial charge < -0.3 is 9.30 Å². The highest BCUT2D eigenvalue weighted by atomic mass is 35.5. The smallest absolute Gasteiger partial charge is 0.141 e. The van der Waals surface area contributed by atoms with E-state index in [9.17, 15) is 0 Å². The molecule has 0 amide bonds. The number of hydrogen-bond acceptors (Lipinski definition) is 2. The van der Waals surface area contributed by atoms with Crippen LogP contribution in [0.5, 0.6) is 5.75 Å². The molecule has 0 fully saturated rings. The van der Waals surface area contributed by atoms with Crippen molar-refractivity contribution in [3.05, 3.63) is 82.8 Å². The van der Waals surface area contributed by atoms with E-state index in [1.165, 1.54) is 0 Å². The molecule has 1 aromatic heterocycles. The largest absolute Gasteiger partial charge is 0.490 e. The lowest BCUT2D eigenvalue weighted by atomic mass is 10.2. The third-order valence-corrected chi connectivity index (χ3v) is 4.69. The van der Waals surface area contributed by atoms with Crippen LogP contribution in [-0.4, -0.2) is 16.2 Å². The summed E-state index contributed by atoms with van der Waals surface area (Å²) in [6.45, 7) is 1.13.